The summed E-state index contributed by atoms with van der Waals surface area (Å²) >= 11 is 1.57. The minimum absolute atomic E-state index is 0.342. The SMILES string of the molecule is COC(C(=O)O)c1ccnc(NSC2CC2)n1. The van der Waals surface area contributed by atoms with Crippen LogP contribution in [0.3, 0.4) is 0 Å². The summed E-state index contributed by atoms with van der Waals surface area (Å²) in [5.41, 5.74) is 0.342. The summed E-state index contributed by atoms with van der Waals surface area (Å²) in [5.74, 6) is -0.644. The molecule has 1 atom stereocenters. The third kappa shape index (κ3) is 3.31. The van der Waals surface area contributed by atoms with Crippen LogP contribution in [0.15, 0.2) is 12.3 Å². The Balaban J connectivity index is 2.05. The molecule has 1 heterocycles. The molecule has 0 saturated heterocycles. The van der Waals surface area contributed by atoms with Crippen molar-refractivity contribution in [1.29, 1.82) is 0 Å². The Morgan fingerprint density at radius 2 is 2.47 bits per heavy atom. The van der Waals surface area contributed by atoms with Crippen LogP contribution in [0.4, 0.5) is 5.95 Å². The van der Waals surface area contributed by atoms with Crippen LogP contribution in [0.1, 0.15) is 24.6 Å². The normalized spacial score (nSPS) is 16.5. The molecule has 0 amide bonds. The van der Waals surface area contributed by atoms with Crippen LogP contribution in [-0.4, -0.2) is 33.4 Å². The summed E-state index contributed by atoms with van der Waals surface area (Å²) in [4.78, 5) is 19.0. The minimum Gasteiger partial charge on any atom is -0.479 e. The topological polar surface area (TPSA) is 84.3 Å². The van der Waals surface area contributed by atoms with E-state index in [0.717, 1.165) is 0 Å². The van der Waals surface area contributed by atoms with Gasteiger partial charge in [0.25, 0.3) is 0 Å². The maximum atomic E-state index is 10.9. The van der Waals surface area contributed by atoms with Crippen LogP contribution in [0.5, 0.6) is 0 Å². The second-order valence-corrected chi connectivity index (χ2v) is 4.78. The Bertz CT molecular complexity index is 412. The van der Waals surface area contributed by atoms with Crippen LogP contribution < -0.4 is 4.72 Å². The predicted molar refractivity (Wildman–Crippen MR) is 63.7 cm³/mol. The van der Waals surface area contributed by atoms with Crippen molar-refractivity contribution in [1.82, 2.24) is 9.97 Å². The monoisotopic (exact) mass is 255 g/mol. The fourth-order valence-corrected chi connectivity index (χ4v) is 1.98. The standard InChI is InChI=1S/C10H13N3O3S/c1-16-8(9(14)15)7-4-5-11-10(12-7)13-17-6-2-3-6/h4-6,8H,2-3H2,1H3,(H,14,15)(H,11,12,13). The zero-order valence-corrected chi connectivity index (χ0v) is 10.1. The highest BCUT2D eigenvalue weighted by molar-refractivity contribution is 8.01. The highest BCUT2D eigenvalue weighted by atomic mass is 32.2. The molecule has 1 aromatic rings. The number of rotatable bonds is 6. The zero-order valence-electron chi connectivity index (χ0n) is 9.29. The van der Waals surface area contributed by atoms with Crippen molar-refractivity contribution in [3.8, 4) is 0 Å². The van der Waals surface area contributed by atoms with Gasteiger partial charge in [0.1, 0.15) is 0 Å². The maximum absolute atomic E-state index is 10.9. The largest absolute Gasteiger partial charge is 0.479 e. The second kappa shape index (κ2) is 5.33. The molecule has 1 fully saturated rings. The lowest BCUT2D eigenvalue weighted by atomic mass is 10.2. The van der Waals surface area contributed by atoms with Gasteiger partial charge in [0, 0.05) is 18.6 Å². The first-order chi connectivity index (χ1) is 8.20. The van der Waals surface area contributed by atoms with Gasteiger partial charge in [-0.1, -0.05) is 0 Å². The molecular formula is C10H13N3O3S. The van der Waals surface area contributed by atoms with E-state index in [9.17, 15) is 4.79 Å². The molecule has 0 aliphatic heterocycles. The summed E-state index contributed by atoms with van der Waals surface area (Å²) in [6, 6.07) is 1.54. The van der Waals surface area contributed by atoms with E-state index in [2.05, 4.69) is 14.7 Å². The van der Waals surface area contributed by atoms with Gasteiger partial charge in [-0.05, 0) is 30.9 Å². The van der Waals surface area contributed by atoms with Crippen molar-refractivity contribution in [2.45, 2.75) is 24.2 Å². The molecule has 1 aliphatic rings. The molecule has 7 heteroatoms. The molecule has 1 aliphatic carbocycles. The number of carboxylic acids is 1. The Hall–Kier alpha value is -1.34. The third-order valence-corrected chi connectivity index (χ3v) is 3.35. The van der Waals surface area contributed by atoms with Gasteiger partial charge in [0.05, 0.1) is 5.69 Å². The highest BCUT2D eigenvalue weighted by Crippen LogP contribution is 2.33. The number of nitrogens with one attached hydrogen (secondary N) is 1. The molecule has 17 heavy (non-hydrogen) atoms. The molecule has 2 rings (SSSR count). The molecule has 0 bridgehead atoms. The lowest BCUT2D eigenvalue weighted by molar-refractivity contribution is -0.149. The number of aliphatic carboxylic acids is 1. The first-order valence-electron chi connectivity index (χ1n) is 5.21. The molecule has 0 aromatic carbocycles. The molecular weight excluding hydrogens is 242 g/mol. The summed E-state index contributed by atoms with van der Waals surface area (Å²) in [6.07, 6.45) is 2.87. The van der Waals surface area contributed by atoms with Gasteiger partial charge in [-0.2, -0.15) is 0 Å². The van der Waals surface area contributed by atoms with Gasteiger partial charge in [0.2, 0.25) is 5.95 Å². The van der Waals surface area contributed by atoms with Gasteiger partial charge >= 0.3 is 5.97 Å². The molecule has 1 saturated carbocycles. The minimum atomic E-state index is -1.06. The second-order valence-electron chi connectivity index (χ2n) is 3.68. The Kier molecular flexibility index (Phi) is 3.80. The number of methoxy groups -OCH3 is 1. The highest BCUT2D eigenvalue weighted by Gasteiger charge is 2.23. The molecule has 0 radical (unpaired) electrons. The maximum Gasteiger partial charge on any atom is 0.339 e. The van der Waals surface area contributed by atoms with Crippen LogP contribution in [0.2, 0.25) is 0 Å². The van der Waals surface area contributed by atoms with E-state index < -0.39 is 12.1 Å². The van der Waals surface area contributed by atoms with Crippen molar-refractivity contribution in [2.75, 3.05) is 11.8 Å². The molecule has 6 nitrogen and oxygen atoms in total. The van der Waals surface area contributed by atoms with E-state index in [-0.39, 0.29) is 0 Å². The quantitative estimate of drug-likeness (QED) is 0.744. The van der Waals surface area contributed by atoms with Crippen molar-refractivity contribution >= 4 is 23.9 Å². The fraction of sp³-hybridized carbons (Fsp3) is 0.500. The predicted octanol–water partition coefficient (Wildman–Crippen LogP) is 1.47. The first kappa shape index (κ1) is 12.1. The number of carboxylic acid groups (broad SMARTS) is 1. The number of hydrogen-bond donors (Lipinski definition) is 2. The van der Waals surface area contributed by atoms with Gasteiger partial charge in [-0.15, -0.1) is 0 Å². The molecule has 92 valence electrons. The Morgan fingerprint density at radius 3 is 3.06 bits per heavy atom. The van der Waals surface area contributed by atoms with Crippen LogP contribution in [0, 0.1) is 0 Å². The average Bonchev–Trinajstić information content (AvgIpc) is 3.11. The van der Waals surface area contributed by atoms with E-state index >= 15 is 0 Å². The number of ether oxygens (including phenoxy) is 1. The molecule has 1 aromatic heterocycles. The average molecular weight is 255 g/mol. The number of hydrogen-bond acceptors (Lipinski definition) is 6. The Labute approximate surface area is 103 Å². The number of carbonyl (C=O) groups is 1. The molecule has 0 spiro atoms. The van der Waals surface area contributed by atoms with Gasteiger partial charge in [-0.3, -0.25) is 4.72 Å². The lowest BCUT2D eigenvalue weighted by Crippen LogP contribution is -2.15. The van der Waals surface area contributed by atoms with E-state index in [1.165, 1.54) is 32.2 Å². The van der Waals surface area contributed by atoms with Gasteiger partial charge < -0.3 is 9.84 Å². The van der Waals surface area contributed by atoms with E-state index in [4.69, 9.17) is 9.84 Å². The van der Waals surface area contributed by atoms with E-state index in [1.807, 2.05) is 0 Å². The summed E-state index contributed by atoms with van der Waals surface area (Å²) in [6.45, 7) is 0. The van der Waals surface area contributed by atoms with Crippen molar-refractivity contribution in [2.24, 2.45) is 0 Å². The van der Waals surface area contributed by atoms with Crippen molar-refractivity contribution < 1.29 is 14.6 Å². The van der Waals surface area contributed by atoms with E-state index in [1.54, 1.807) is 11.9 Å². The number of anilines is 1. The van der Waals surface area contributed by atoms with E-state index in [0.29, 0.717) is 16.9 Å². The summed E-state index contributed by atoms with van der Waals surface area (Å²) < 4.78 is 7.88. The summed E-state index contributed by atoms with van der Waals surface area (Å²) in [7, 11) is 1.34. The molecule has 2 N–H and O–H groups in total. The van der Waals surface area contributed by atoms with Gasteiger partial charge in [0.15, 0.2) is 6.10 Å². The number of nitrogens with zero attached hydrogens (tertiary/aromatic N) is 2. The lowest BCUT2D eigenvalue weighted by Gasteiger charge is -2.10. The van der Waals surface area contributed by atoms with Crippen LogP contribution in [0.25, 0.3) is 0 Å². The smallest absolute Gasteiger partial charge is 0.339 e. The fourth-order valence-electron chi connectivity index (χ4n) is 1.24. The van der Waals surface area contributed by atoms with Gasteiger partial charge in [-0.25, -0.2) is 14.8 Å². The van der Waals surface area contributed by atoms with Crippen molar-refractivity contribution in [3.05, 3.63) is 18.0 Å². The Morgan fingerprint density at radius 1 is 1.71 bits per heavy atom. The molecule has 1 unspecified atom stereocenters. The van der Waals surface area contributed by atoms with Crippen molar-refractivity contribution in [3.63, 3.8) is 0 Å². The zero-order chi connectivity index (χ0) is 12.3. The van der Waals surface area contributed by atoms with Crippen LogP contribution >= 0.6 is 11.9 Å². The summed E-state index contributed by atoms with van der Waals surface area (Å²) in [5, 5.41) is 9.56. The van der Waals surface area contributed by atoms with Crippen LogP contribution in [-0.2, 0) is 9.53 Å². The third-order valence-electron chi connectivity index (χ3n) is 2.25. The number of aromatic nitrogens is 2. The first-order valence-corrected chi connectivity index (χ1v) is 6.09.